The summed E-state index contributed by atoms with van der Waals surface area (Å²) in [4.78, 5) is 34.4. The third kappa shape index (κ3) is 6.20. The van der Waals surface area contributed by atoms with Crippen LogP contribution in [0, 0.1) is 10.1 Å². The summed E-state index contributed by atoms with van der Waals surface area (Å²) >= 11 is 0. The summed E-state index contributed by atoms with van der Waals surface area (Å²) in [5, 5.41) is 20.4. The Morgan fingerprint density at radius 2 is 1.96 bits per heavy atom. The Hall–Kier alpha value is -2.69. The maximum Gasteiger partial charge on any atom is 0.407 e. The Balaban J connectivity index is 1.92. The van der Waals surface area contributed by atoms with Gasteiger partial charge in [-0.1, -0.05) is 0 Å². The molecule has 11 heteroatoms. The zero-order valence-electron chi connectivity index (χ0n) is 15.7. The molecule has 2 rings (SSSR count). The maximum atomic E-state index is 12.3. The standard InChI is InChI=1S/C16H25N5O6/c1-16(2,3)27-15(23)18-7-6-17-14(22)13-12(21(24)25)10-20(19-13)11-4-8-26-9-5-11/h10-11H,4-9H2,1-3H3,(H,17,22)(H,18,23). The lowest BCUT2D eigenvalue weighted by atomic mass is 10.1. The number of alkyl carbamates (subject to hydrolysis) is 1. The number of amides is 2. The summed E-state index contributed by atoms with van der Waals surface area (Å²) in [7, 11) is 0. The number of carbonyl (C=O) groups is 2. The molecule has 11 nitrogen and oxygen atoms in total. The van der Waals surface area contributed by atoms with Crippen LogP contribution in [0.3, 0.4) is 0 Å². The number of nitrogens with one attached hydrogen (secondary N) is 2. The monoisotopic (exact) mass is 383 g/mol. The van der Waals surface area contributed by atoms with E-state index in [1.54, 1.807) is 20.8 Å². The molecule has 0 bridgehead atoms. The van der Waals surface area contributed by atoms with Crippen LogP contribution in [0.5, 0.6) is 0 Å². The van der Waals surface area contributed by atoms with Crippen LogP contribution in [-0.4, -0.2) is 58.6 Å². The highest BCUT2D eigenvalue weighted by atomic mass is 16.6. The van der Waals surface area contributed by atoms with Crippen LogP contribution >= 0.6 is 0 Å². The molecule has 2 heterocycles. The normalized spacial score (nSPS) is 15.2. The van der Waals surface area contributed by atoms with Gasteiger partial charge in [0.2, 0.25) is 5.69 Å². The minimum Gasteiger partial charge on any atom is -0.444 e. The molecule has 150 valence electrons. The highest BCUT2D eigenvalue weighted by Gasteiger charge is 2.28. The minimum absolute atomic E-state index is 0.0344. The van der Waals surface area contributed by atoms with Gasteiger partial charge in [-0.05, 0) is 33.6 Å². The summed E-state index contributed by atoms with van der Waals surface area (Å²) in [5.41, 5.74) is -1.21. The zero-order valence-corrected chi connectivity index (χ0v) is 15.7. The summed E-state index contributed by atoms with van der Waals surface area (Å²) in [6, 6.07) is -0.0344. The summed E-state index contributed by atoms with van der Waals surface area (Å²) in [5.74, 6) is -0.668. The van der Waals surface area contributed by atoms with Crippen LogP contribution < -0.4 is 10.6 Å². The number of hydrogen-bond acceptors (Lipinski definition) is 7. The van der Waals surface area contributed by atoms with E-state index in [4.69, 9.17) is 9.47 Å². The number of aromatic nitrogens is 2. The number of hydrogen-bond donors (Lipinski definition) is 2. The van der Waals surface area contributed by atoms with Gasteiger partial charge in [-0.3, -0.25) is 19.6 Å². The first-order chi connectivity index (χ1) is 12.7. The zero-order chi connectivity index (χ0) is 20.0. The highest BCUT2D eigenvalue weighted by molar-refractivity contribution is 5.96. The van der Waals surface area contributed by atoms with Crippen molar-refractivity contribution in [2.75, 3.05) is 26.3 Å². The molecule has 0 aliphatic carbocycles. The maximum absolute atomic E-state index is 12.3. The van der Waals surface area contributed by atoms with E-state index in [2.05, 4.69) is 15.7 Å². The lowest BCUT2D eigenvalue weighted by Crippen LogP contribution is -2.38. The Bertz CT molecular complexity index is 690. The Kier molecular flexibility index (Phi) is 6.72. The van der Waals surface area contributed by atoms with E-state index in [0.717, 1.165) is 0 Å². The Morgan fingerprint density at radius 3 is 2.56 bits per heavy atom. The Labute approximate surface area is 156 Å². The van der Waals surface area contributed by atoms with Gasteiger partial charge >= 0.3 is 11.8 Å². The number of rotatable bonds is 6. The summed E-state index contributed by atoms with van der Waals surface area (Å²) in [6.45, 7) is 6.52. The smallest absolute Gasteiger partial charge is 0.407 e. The van der Waals surface area contributed by atoms with Crippen molar-refractivity contribution in [3.05, 3.63) is 22.0 Å². The molecule has 1 saturated heterocycles. The van der Waals surface area contributed by atoms with Crippen LogP contribution in [0.4, 0.5) is 10.5 Å². The van der Waals surface area contributed by atoms with Gasteiger partial charge in [-0.2, -0.15) is 5.10 Å². The molecule has 1 fully saturated rings. The fourth-order valence-corrected chi connectivity index (χ4v) is 2.55. The highest BCUT2D eigenvalue weighted by Crippen LogP contribution is 2.25. The van der Waals surface area contributed by atoms with E-state index in [1.165, 1.54) is 10.9 Å². The molecule has 1 aliphatic heterocycles. The van der Waals surface area contributed by atoms with Crippen LogP contribution in [0.2, 0.25) is 0 Å². The van der Waals surface area contributed by atoms with E-state index in [9.17, 15) is 19.7 Å². The van der Waals surface area contributed by atoms with Crippen LogP contribution in [0.25, 0.3) is 0 Å². The van der Waals surface area contributed by atoms with Gasteiger partial charge in [-0.25, -0.2) is 4.79 Å². The molecule has 1 aromatic rings. The molecule has 1 aromatic heterocycles. The van der Waals surface area contributed by atoms with Crippen molar-refractivity contribution in [2.45, 2.75) is 45.3 Å². The average Bonchev–Trinajstić information content (AvgIpc) is 3.03. The molecular formula is C16H25N5O6. The predicted octanol–water partition coefficient (Wildman–Crippen LogP) is 1.40. The second kappa shape index (κ2) is 8.80. The van der Waals surface area contributed by atoms with Gasteiger partial charge in [0.25, 0.3) is 5.91 Å². The van der Waals surface area contributed by atoms with Gasteiger partial charge in [-0.15, -0.1) is 0 Å². The number of nitro groups is 1. The second-order valence-corrected chi connectivity index (χ2v) is 7.13. The van der Waals surface area contributed by atoms with Crippen molar-refractivity contribution in [1.29, 1.82) is 0 Å². The van der Waals surface area contributed by atoms with Crippen molar-refractivity contribution in [1.82, 2.24) is 20.4 Å². The fourth-order valence-electron chi connectivity index (χ4n) is 2.55. The first-order valence-corrected chi connectivity index (χ1v) is 8.73. The molecule has 0 aromatic carbocycles. The van der Waals surface area contributed by atoms with Crippen LogP contribution in [0.15, 0.2) is 6.20 Å². The minimum atomic E-state index is -0.668. The second-order valence-electron chi connectivity index (χ2n) is 7.13. The van der Waals surface area contributed by atoms with Gasteiger partial charge in [0.05, 0.1) is 11.0 Å². The van der Waals surface area contributed by atoms with Crippen molar-refractivity contribution in [3.8, 4) is 0 Å². The van der Waals surface area contributed by atoms with Crippen molar-refractivity contribution < 1.29 is 24.0 Å². The molecule has 0 radical (unpaired) electrons. The van der Waals surface area contributed by atoms with E-state index in [-0.39, 0.29) is 30.5 Å². The van der Waals surface area contributed by atoms with Crippen molar-refractivity contribution >= 4 is 17.7 Å². The molecule has 0 unspecified atom stereocenters. The van der Waals surface area contributed by atoms with Gasteiger partial charge in [0, 0.05) is 26.3 Å². The van der Waals surface area contributed by atoms with E-state index in [1.807, 2.05) is 0 Å². The number of nitrogens with zero attached hydrogens (tertiary/aromatic N) is 3. The number of carbonyl (C=O) groups excluding carboxylic acids is 2. The first kappa shape index (κ1) is 20.6. The molecule has 2 amide bonds. The lowest BCUT2D eigenvalue weighted by Gasteiger charge is -2.21. The largest absolute Gasteiger partial charge is 0.444 e. The quantitative estimate of drug-likeness (QED) is 0.430. The van der Waals surface area contributed by atoms with Crippen LogP contribution in [-0.2, 0) is 9.47 Å². The van der Waals surface area contributed by atoms with Crippen molar-refractivity contribution in [3.63, 3.8) is 0 Å². The van der Waals surface area contributed by atoms with E-state index >= 15 is 0 Å². The van der Waals surface area contributed by atoms with Crippen LogP contribution in [0.1, 0.15) is 50.1 Å². The average molecular weight is 383 g/mol. The first-order valence-electron chi connectivity index (χ1n) is 8.73. The lowest BCUT2D eigenvalue weighted by molar-refractivity contribution is -0.385. The van der Waals surface area contributed by atoms with E-state index < -0.39 is 22.5 Å². The van der Waals surface area contributed by atoms with Gasteiger partial charge < -0.3 is 20.1 Å². The van der Waals surface area contributed by atoms with Crippen molar-refractivity contribution in [2.24, 2.45) is 0 Å². The molecule has 1 aliphatic rings. The molecule has 27 heavy (non-hydrogen) atoms. The van der Waals surface area contributed by atoms with Gasteiger partial charge in [0.15, 0.2) is 0 Å². The molecule has 0 saturated carbocycles. The summed E-state index contributed by atoms with van der Waals surface area (Å²) < 4.78 is 11.8. The third-order valence-corrected chi connectivity index (χ3v) is 3.77. The molecule has 0 spiro atoms. The van der Waals surface area contributed by atoms with E-state index in [0.29, 0.717) is 26.1 Å². The topological polar surface area (TPSA) is 138 Å². The third-order valence-electron chi connectivity index (χ3n) is 3.77. The van der Waals surface area contributed by atoms with Gasteiger partial charge in [0.1, 0.15) is 11.8 Å². The fraction of sp³-hybridized carbons (Fsp3) is 0.688. The summed E-state index contributed by atoms with van der Waals surface area (Å²) in [6.07, 6.45) is 2.04. The predicted molar refractivity (Wildman–Crippen MR) is 94.5 cm³/mol. The molecule has 2 N–H and O–H groups in total. The molecular weight excluding hydrogens is 358 g/mol. The Morgan fingerprint density at radius 1 is 1.33 bits per heavy atom. The SMILES string of the molecule is CC(C)(C)OC(=O)NCCNC(=O)c1nn(C2CCOCC2)cc1[N+](=O)[O-]. The number of ether oxygens (including phenoxy) is 2. The molecule has 0 atom stereocenters.